The van der Waals surface area contributed by atoms with E-state index < -0.39 is 0 Å². The maximum atomic E-state index is 12.6. The van der Waals surface area contributed by atoms with Gasteiger partial charge in [-0.2, -0.15) is 0 Å². The summed E-state index contributed by atoms with van der Waals surface area (Å²) in [4.78, 5) is 20.1. The van der Waals surface area contributed by atoms with Gasteiger partial charge in [-0.15, -0.1) is 5.10 Å². The average molecular weight is 516 g/mol. The van der Waals surface area contributed by atoms with Crippen molar-refractivity contribution in [2.75, 3.05) is 26.7 Å². The van der Waals surface area contributed by atoms with Crippen LogP contribution >= 0.6 is 0 Å². The van der Waals surface area contributed by atoms with E-state index in [1.165, 1.54) is 50.8 Å². The maximum Gasteiger partial charge on any atom is 0.242 e. The number of likely N-dealkylation sites (tertiary alicyclic amines) is 1. The number of fused-ring (bicyclic) bond motifs is 1. The van der Waals surface area contributed by atoms with Crippen molar-refractivity contribution in [1.29, 1.82) is 0 Å². The molecule has 38 heavy (non-hydrogen) atoms. The molecule has 1 saturated carbocycles. The SMILES string of the molecule is COc1cccc(-c2nc(-c3ccc(CCN4CCC5CCCCC5C4)cc3)nn2CC(=O)NC(C)C)c1. The molecule has 1 N–H and O–H groups in total. The molecule has 2 aliphatic rings. The number of methoxy groups -OCH3 is 1. The van der Waals surface area contributed by atoms with Crippen molar-refractivity contribution in [1.82, 2.24) is 25.0 Å². The second kappa shape index (κ2) is 12.1. The highest BCUT2D eigenvalue weighted by Gasteiger charge is 2.30. The second-order valence-corrected chi connectivity index (χ2v) is 11.2. The Balaban J connectivity index is 1.29. The van der Waals surface area contributed by atoms with Crippen LogP contribution in [0.5, 0.6) is 5.75 Å². The van der Waals surface area contributed by atoms with E-state index in [1.807, 2.05) is 38.1 Å². The average Bonchev–Trinajstić information content (AvgIpc) is 3.35. The van der Waals surface area contributed by atoms with E-state index in [2.05, 4.69) is 34.5 Å². The third-order valence-corrected chi connectivity index (χ3v) is 8.05. The molecule has 1 aromatic heterocycles. The Hall–Kier alpha value is -3.19. The van der Waals surface area contributed by atoms with Crippen LogP contribution in [-0.2, 0) is 17.8 Å². The van der Waals surface area contributed by atoms with Gasteiger partial charge in [-0.25, -0.2) is 9.67 Å². The number of carbonyl (C=O) groups is 1. The first kappa shape index (κ1) is 26.4. The smallest absolute Gasteiger partial charge is 0.242 e. The van der Waals surface area contributed by atoms with E-state index in [4.69, 9.17) is 14.8 Å². The summed E-state index contributed by atoms with van der Waals surface area (Å²) in [6, 6.07) is 16.4. The number of hydrogen-bond acceptors (Lipinski definition) is 5. The third kappa shape index (κ3) is 6.44. The van der Waals surface area contributed by atoms with Gasteiger partial charge in [0.25, 0.3) is 0 Å². The molecule has 7 nitrogen and oxygen atoms in total. The molecule has 2 atom stereocenters. The standard InChI is InChI=1S/C31H41N5O2/c1-22(2)32-29(37)21-36-31(26-9-6-10-28(19-26)38-3)33-30(34-36)25-13-11-23(12-14-25)15-17-35-18-16-24-7-4-5-8-27(24)20-35/h6,9-14,19,22,24,27H,4-5,7-8,15-18,20-21H2,1-3H3,(H,32,37). The largest absolute Gasteiger partial charge is 0.497 e. The summed E-state index contributed by atoms with van der Waals surface area (Å²) < 4.78 is 7.09. The van der Waals surface area contributed by atoms with Crippen molar-refractivity contribution < 1.29 is 9.53 Å². The highest BCUT2D eigenvalue weighted by atomic mass is 16.5. The minimum atomic E-state index is -0.0896. The monoisotopic (exact) mass is 515 g/mol. The number of nitrogens with one attached hydrogen (secondary N) is 1. The molecule has 0 radical (unpaired) electrons. The van der Waals surface area contributed by atoms with Gasteiger partial charge in [0.05, 0.1) is 7.11 Å². The highest BCUT2D eigenvalue weighted by Crippen LogP contribution is 2.36. The Labute approximate surface area is 226 Å². The molecule has 2 heterocycles. The lowest BCUT2D eigenvalue weighted by Gasteiger charge is -2.41. The molecule has 202 valence electrons. The molecule has 0 spiro atoms. The molecule has 7 heteroatoms. The molecule has 1 aliphatic carbocycles. The van der Waals surface area contributed by atoms with E-state index in [0.29, 0.717) is 11.6 Å². The lowest BCUT2D eigenvalue weighted by atomic mass is 9.75. The van der Waals surface area contributed by atoms with E-state index in [9.17, 15) is 4.79 Å². The third-order valence-electron chi connectivity index (χ3n) is 8.05. The predicted molar refractivity (Wildman–Crippen MR) is 151 cm³/mol. The Morgan fingerprint density at radius 1 is 1.05 bits per heavy atom. The van der Waals surface area contributed by atoms with Gasteiger partial charge in [0.15, 0.2) is 11.6 Å². The number of carbonyl (C=O) groups excluding carboxylic acids is 1. The van der Waals surface area contributed by atoms with Crippen LogP contribution in [0, 0.1) is 11.8 Å². The molecule has 3 aromatic rings. The van der Waals surface area contributed by atoms with Gasteiger partial charge in [0.1, 0.15) is 12.3 Å². The van der Waals surface area contributed by atoms with Crippen molar-refractivity contribution in [3.63, 3.8) is 0 Å². The van der Waals surface area contributed by atoms with Crippen molar-refractivity contribution in [2.24, 2.45) is 11.8 Å². The van der Waals surface area contributed by atoms with Gasteiger partial charge in [-0.05, 0) is 69.2 Å². The van der Waals surface area contributed by atoms with Crippen LogP contribution in [-0.4, -0.2) is 58.4 Å². The first-order chi connectivity index (χ1) is 18.5. The number of ether oxygens (including phenoxy) is 1. The zero-order valence-electron chi connectivity index (χ0n) is 23.0. The van der Waals surface area contributed by atoms with Crippen molar-refractivity contribution >= 4 is 5.91 Å². The lowest BCUT2D eigenvalue weighted by molar-refractivity contribution is -0.122. The zero-order valence-corrected chi connectivity index (χ0v) is 23.0. The van der Waals surface area contributed by atoms with Crippen LogP contribution in [0.2, 0.25) is 0 Å². The number of aromatic nitrogens is 3. The minimum absolute atomic E-state index is 0.0623. The lowest BCUT2D eigenvalue weighted by Crippen LogP contribution is -2.42. The van der Waals surface area contributed by atoms with Gasteiger partial charge >= 0.3 is 0 Å². The Kier molecular flexibility index (Phi) is 8.42. The first-order valence-electron chi connectivity index (χ1n) is 14.2. The zero-order chi connectivity index (χ0) is 26.5. The highest BCUT2D eigenvalue weighted by molar-refractivity contribution is 5.77. The molecule has 2 unspecified atom stereocenters. The Bertz CT molecular complexity index is 1220. The van der Waals surface area contributed by atoms with Crippen LogP contribution < -0.4 is 10.1 Å². The number of piperidine rings is 1. The number of hydrogen-bond donors (Lipinski definition) is 1. The minimum Gasteiger partial charge on any atom is -0.497 e. The maximum absolute atomic E-state index is 12.6. The van der Waals surface area contributed by atoms with Gasteiger partial charge in [0, 0.05) is 30.3 Å². The number of amides is 1. The fraction of sp³-hybridized carbons (Fsp3) is 0.516. The van der Waals surface area contributed by atoms with E-state index in [0.717, 1.165) is 41.7 Å². The fourth-order valence-corrected chi connectivity index (χ4v) is 6.04. The van der Waals surface area contributed by atoms with Crippen LogP contribution in [0.3, 0.4) is 0 Å². The van der Waals surface area contributed by atoms with Gasteiger partial charge in [0.2, 0.25) is 5.91 Å². The van der Waals surface area contributed by atoms with Gasteiger partial charge < -0.3 is 15.0 Å². The van der Waals surface area contributed by atoms with E-state index >= 15 is 0 Å². The first-order valence-corrected chi connectivity index (χ1v) is 14.2. The predicted octanol–water partition coefficient (Wildman–Crippen LogP) is 5.20. The summed E-state index contributed by atoms with van der Waals surface area (Å²) in [5.74, 6) is 3.81. The number of nitrogens with zero attached hydrogens (tertiary/aromatic N) is 4. The summed E-state index contributed by atoms with van der Waals surface area (Å²) in [7, 11) is 1.64. The van der Waals surface area contributed by atoms with Crippen LogP contribution in [0.1, 0.15) is 51.5 Å². The second-order valence-electron chi connectivity index (χ2n) is 11.2. The normalized spacial score (nSPS) is 19.8. The van der Waals surface area contributed by atoms with Crippen LogP contribution in [0.15, 0.2) is 48.5 Å². The fourth-order valence-electron chi connectivity index (χ4n) is 6.04. The van der Waals surface area contributed by atoms with Gasteiger partial charge in [-0.1, -0.05) is 55.7 Å². The quantitative estimate of drug-likeness (QED) is 0.424. The molecular formula is C31H41N5O2. The van der Waals surface area contributed by atoms with E-state index in [-0.39, 0.29) is 18.5 Å². The van der Waals surface area contributed by atoms with Crippen molar-refractivity contribution in [2.45, 2.75) is 65.0 Å². The summed E-state index contributed by atoms with van der Waals surface area (Å²) in [6.45, 7) is 7.66. The van der Waals surface area contributed by atoms with Crippen molar-refractivity contribution in [3.8, 4) is 28.5 Å². The van der Waals surface area contributed by atoms with Crippen LogP contribution in [0.25, 0.3) is 22.8 Å². The molecular weight excluding hydrogens is 474 g/mol. The summed E-state index contributed by atoms with van der Waals surface area (Å²) in [6.07, 6.45) is 8.17. The van der Waals surface area contributed by atoms with Gasteiger partial charge in [-0.3, -0.25) is 4.79 Å². The van der Waals surface area contributed by atoms with Crippen LogP contribution in [0.4, 0.5) is 0 Å². The topological polar surface area (TPSA) is 72.3 Å². The Morgan fingerprint density at radius 3 is 2.61 bits per heavy atom. The molecule has 2 fully saturated rings. The van der Waals surface area contributed by atoms with E-state index in [1.54, 1.807) is 11.8 Å². The number of benzene rings is 2. The molecule has 1 saturated heterocycles. The molecule has 1 amide bonds. The molecule has 2 aromatic carbocycles. The molecule has 0 bridgehead atoms. The summed E-state index contributed by atoms with van der Waals surface area (Å²) in [5.41, 5.74) is 3.14. The number of rotatable bonds is 9. The molecule has 1 aliphatic heterocycles. The molecule has 5 rings (SSSR count). The summed E-state index contributed by atoms with van der Waals surface area (Å²) >= 11 is 0. The Morgan fingerprint density at radius 2 is 1.84 bits per heavy atom. The van der Waals surface area contributed by atoms with Crippen molar-refractivity contribution in [3.05, 3.63) is 54.1 Å². The summed E-state index contributed by atoms with van der Waals surface area (Å²) in [5, 5.41) is 7.69.